The molecule has 0 aliphatic rings. The Hall–Kier alpha value is -0.0500. The summed E-state index contributed by atoms with van der Waals surface area (Å²) in [6, 6.07) is 6.01. The average molecular weight is 291 g/mol. The Morgan fingerprint density at radius 2 is 2.13 bits per heavy atom. The lowest BCUT2D eigenvalue weighted by molar-refractivity contribution is 0.461. The highest BCUT2D eigenvalue weighted by molar-refractivity contribution is 9.10. The lowest BCUT2D eigenvalue weighted by Gasteiger charge is -2.16. The number of benzene rings is 1. The Labute approximate surface area is 105 Å². The average Bonchev–Trinajstić information content (AvgIpc) is 2.21. The van der Waals surface area contributed by atoms with Gasteiger partial charge >= 0.3 is 0 Å². The summed E-state index contributed by atoms with van der Waals surface area (Å²) < 4.78 is 0.920. The zero-order valence-electron chi connectivity index (χ0n) is 9.13. The van der Waals surface area contributed by atoms with Gasteiger partial charge in [0.1, 0.15) is 0 Å². The SMILES string of the molecule is CCC(C)CC(N)c1ccc(Br)c(Cl)c1. The second-order valence-corrected chi connectivity index (χ2v) is 5.29. The second kappa shape index (κ2) is 5.88. The van der Waals surface area contributed by atoms with Crippen LogP contribution in [0.4, 0.5) is 0 Å². The van der Waals surface area contributed by atoms with Gasteiger partial charge in [0.2, 0.25) is 0 Å². The summed E-state index contributed by atoms with van der Waals surface area (Å²) >= 11 is 9.40. The minimum absolute atomic E-state index is 0.0885. The molecule has 2 atom stereocenters. The molecule has 2 N–H and O–H groups in total. The van der Waals surface area contributed by atoms with Crippen molar-refractivity contribution in [3.63, 3.8) is 0 Å². The van der Waals surface area contributed by atoms with Crippen LogP contribution in [-0.4, -0.2) is 0 Å². The molecule has 0 fully saturated rings. The van der Waals surface area contributed by atoms with Gasteiger partial charge in [-0.1, -0.05) is 37.9 Å². The van der Waals surface area contributed by atoms with Crippen LogP contribution in [0.5, 0.6) is 0 Å². The first-order valence-electron chi connectivity index (χ1n) is 5.25. The number of rotatable bonds is 4. The van der Waals surface area contributed by atoms with E-state index in [1.165, 1.54) is 0 Å². The fourth-order valence-electron chi connectivity index (χ4n) is 1.48. The van der Waals surface area contributed by atoms with Crippen molar-refractivity contribution in [3.05, 3.63) is 33.3 Å². The fourth-order valence-corrected chi connectivity index (χ4v) is 1.91. The second-order valence-electron chi connectivity index (χ2n) is 4.03. The molecule has 2 unspecified atom stereocenters. The topological polar surface area (TPSA) is 26.0 Å². The molecule has 84 valence electrons. The monoisotopic (exact) mass is 289 g/mol. The normalized spacial score (nSPS) is 15.0. The van der Waals surface area contributed by atoms with Crippen LogP contribution in [-0.2, 0) is 0 Å². The molecular weight excluding hydrogens is 273 g/mol. The molecule has 1 aromatic rings. The summed E-state index contributed by atoms with van der Waals surface area (Å²) in [5.41, 5.74) is 7.23. The minimum atomic E-state index is 0.0885. The van der Waals surface area contributed by atoms with Crippen LogP contribution in [0.3, 0.4) is 0 Å². The van der Waals surface area contributed by atoms with Crippen LogP contribution in [0.2, 0.25) is 5.02 Å². The van der Waals surface area contributed by atoms with E-state index in [2.05, 4.69) is 29.8 Å². The largest absolute Gasteiger partial charge is 0.324 e. The highest BCUT2D eigenvalue weighted by atomic mass is 79.9. The van der Waals surface area contributed by atoms with Gasteiger partial charge in [-0.05, 0) is 46.0 Å². The molecule has 1 nitrogen and oxygen atoms in total. The molecule has 1 rings (SSSR count). The molecule has 3 heteroatoms. The smallest absolute Gasteiger partial charge is 0.0551 e. The summed E-state index contributed by atoms with van der Waals surface area (Å²) in [6.45, 7) is 4.41. The molecule has 0 bridgehead atoms. The number of hydrogen-bond donors (Lipinski definition) is 1. The Kier molecular flexibility index (Phi) is 5.10. The van der Waals surface area contributed by atoms with E-state index >= 15 is 0 Å². The van der Waals surface area contributed by atoms with Gasteiger partial charge in [0, 0.05) is 10.5 Å². The van der Waals surface area contributed by atoms with Crippen LogP contribution in [0.15, 0.2) is 22.7 Å². The van der Waals surface area contributed by atoms with Gasteiger partial charge in [0.05, 0.1) is 5.02 Å². The number of hydrogen-bond acceptors (Lipinski definition) is 1. The van der Waals surface area contributed by atoms with Crippen molar-refractivity contribution in [3.8, 4) is 0 Å². The van der Waals surface area contributed by atoms with Crippen LogP contribution in [0.1, 0.15) is 38.3 Å². The van der Waals surface area contributed by atoms with E-state index in [1.807, 2.05) is 18.2 Å². The van der Waals surface area contributed by atoms with E-state index in [0.29, 0.717) is 5.92 Å². The Morgan fingerprint density at radius 1 is 1.47 bits per heavy atom. The van der Waals surface area contributed by atoms with Crippen molar-refractivity contribution < 1.29 is 0 Å². The maximum Gasteiger partial charge on any atom is 0.0551 e. The van der Waals surface area contributed by atoms with Crippen LogP contribution >= 0.6 is 27.5 Å². The van der Waals surface area contributed by atoms with Crippen molar-refractivity contribution >= 4 is 27.5 Å². The molecule has 0 aliphatic carbocycles. The van der Waals surface area contributed by atoms with Gasteiger partial charge in [-0.2, -0.15) is 0 Å². The molecule has 0 spiro atoms. The van der Waals surface area contributed by atoms with Crippen molar-refractivity contribution in [2.75, 3.05) is 0 Å². The van der Waals surface area contributed by atoms with Gasteiger partial charge < -0.3 is 5.73 Å². The molecule has 15 heavy (non-hydrogen) atoms. The zero-order valence-corrected chi connectivity index (χ0v) is 11.5. The molecular formula is C12H17BrClN. The van der Waals surface area contributed by atoms with Crippen LogP contribution < -0.4 is 5.73 Å². The lowest BCUT2D eigenvalue weighted by atomic mass is 9.95. The highest BCUT2D eigenvalue weighted by Gasteiger charge is 2.11. The van der Waals surface area contributed by atoms with E-state index in [0.717, 1.165) is 27.9 Å². The molecule has 0 heterocycles. The molecule has 1 aromatic carbocycles. The van der Waals surface area contributed by atoms with Crippen molar-refractivity contribution in [2.45, 2.75) is 32.7 Å². The van der Waals surface area contributed by atoms with E-state index in [1.54, 1.807) is 0 Å². The van der Waals surface area contributed by atoms with E-state index in [4.69, 9.17) is 17.3 Å². The van der Waals surface area contributed by atoms with Gasteiger partial charge in [-0.25, -0.2) is 0 Å². The van der Waals surface area contributed by atoms with Crippen molar-refractivity contribution in [1.29, 1.82) is 0 Å². The Bertz CT molecular complexity index is 327. The quantitative estimate of drug-likeness (QED) is 0.865. The summed E-state index contributed by atoms with van der Waals surface area (Å²) in [6.07, 6.45) is 2.17. The third kappa shape index (κ3) is 3.78. The van der Waals surface area contributed by atoms with Gasteiger partial charge in [-0.3, -0.25) is 0 Å². The van der Waals surface area contributed by atoms with E-state index in [-0.39, 0.29) is 6.04 Å². The maximum absolute atomic E-state index is 6.12. The third-order valence-corrected chi connectivity index (χ3v) is 3.96. The van der Waals surface area contributed by atoms with Crippen LogP contribution in [0, 0.1) is 5.92 Å². The fraction of sp³-hybridized carbons (Fsp3) is 0.500. The number of halogens is 2. The highest BCUT2D eigenvalue weighted by Crippen LogP contribution is 2.28. The Balaban J connectivity index is 2.73. The third-order valence-electron chi connectivity index (χ3n) is 2.73. The van der Waals surface area contributed by atoms with Crippen molar-refractivity contribution in [2.24, 2.45) is 11.7 Å². The summed E-state index contributed by atoms with van der Waals surface area (Å²) in [7, 11) is 0. The lowest BCUT2D eigenvalue weighted by Crippen LogP contribution is -2.13. The van der Waals surface area contributed by atoms with E-state index < -0.39 is 0 Å². The molecule has 0 aromatic heterocycles. The molecule has 0 saturated carbocycles. The van der Waals surface area contributed by atoms with Gasteiger partial charge in [0.15, 0.2) is 0 Å². The number of nitrogens with two attached hydrogens (primary N) is 1. The predicted octanol–water partition coefficient (Wildman–Crippen LogP) is 4.54. The summed E-state index contributed by atoms with van der Waals surface area (Å²) in [5, 5.41) is 0.729. The van der Waals surface area contributed by atoms with Crippen molar-refractivity contribution in [1.82, 2.24) is 0 Å². The summed E-state index contributed by atoms with van der Waals surface area (Å²) in [4.78, 5) is 0. The first kappa shape index (κ1) is 13.0. The molecule has 0 saturated heterocycles. The first-order chi connectivity index (χ1) is 7.04. The Morgan fingerprint density at radius 3 is 2.67 bits per heavy atom. The standard InChI is InChI=1S/C12H17BrClN/c1-3-8(2)6-12(15)9-4-5-10(13)11(14)7-9/h4-5,7-8,12H,3,6,15H2,1-2H3. The maximum atomic E-state index is 6.12. The zero-order chi connectivity index (χ0) is 11.4. The van der Waals surface area contributed by atoms with Gasteiger partial charge in [0.25, 0.3) is 0 Å². The van der Waals surface area contributed by atoms with Crippen LogP contribution in [0.25, 0.3) is 0 Å². The van der Waals surface area contributed by atoms with Gasteiger partial charge in [-0.15, -0.1) is 0 Å². The predicted molar refractivity (Wildman–Crippen MR) is 70.2 cm³/mol. The first-order valence-corrected chi connectivity index (χ1v) is 6.42. The summed E-state index contributed by atoms with van der Waals surface area (Å²) in [5.74, 6) is 0.655. The molecule has 0 radical (unpaired) electrons. The minimum Gasteiger partial charge on any atom is -0.324 e. The molecule has 0 aliphatic heterocycles. The molecule has 0 amide bonds. The van der Waals surface area contributed by atoms with E-state index in [9.17, 15) is 0 Å².